The molecule has 0 aliphatic heterocycles. The van der Waals surface area contributed by atoms with Gasteiger partial charge in [-0.05, 0) is 57.6 Å². The second-order valence-electron chi connectivity index (χ2n) is 12.6. The second-order valence-corrected chi connectivity index (χ2v) is 12.6. The zero-order valence-corrected chi connectivity index (χ0v) is 25.7. The molecule has 9 rings (SSSR count). The van der Waals surface area contributed by atoms with Gasteiger partial charge in [0.2, 0.25) is 0 Å². The fourth-order valence-electron chi connectivity index (χ4n) is 7.22. The van der Waals surface area contributed by atoms with Gasteiger partial charge in [0.1, 0.15) is 11.2 Å². The van der Waals surface area contributed by atoms with Crippen LogP contribution in [-0.4, -0.2) is 9.97 Å². The van der Waals surface area contributed by atoms with Crippen molar-refractivity contribution in [2.75, 3.05) is 0 Å². The molecule has 0 saturated carbocycles. The summed E-state index contributed by atoms with van der Waals surface area (Å²) in [5, 5.41) is 2.41. The Labute approximate surface area is 267 Å². The molecule has 3 nitrogen and oxygen atoms in total. The van der Waals surface area contributed by atoms with Gasteiger partial charge in [0.25, 0.3) is 0 Å². The minimum absolute atomic E-state index is 0.140. The lowest BCUT2D eigenvalue weighted by atomic mass is 9.80. The van der Waals surface area contributed by atoms with Gasteiger partial charge in [0.15, 0.2) is 5.82 Å². The molecule has 0 radical (unpaired) electrons. The van der Waals surface area contributed by atoms with Crippen molar-refractivity contribution in [3.63, 3.8) is 0 Å². The Morgan fingerprint density at radius 1 is 0.478 bits per heavy atom. The number of fused-ring (bicyclic) bond motifs is 7. The molecule has 0 N–H and O–H groups in total. The van der Waals surface area contributed by atoms with Crippen molar-refractivity contribution < 1.29 is 4.42 Å². The third-order valence-electron chi connectivity index (χ3n) is 9.49. The predicted octanol–water partition coefficient (Wildman–Crippen LogP) is 11.4. The molecular formula is C43H30N2O. The van der Waals surface area contributed by atoms with Crippen molar-refractivity contribution in [3.8, 4) is 56.2 Å². The van der Waals surface area contributed by atoms with Gasteiger partial charge in [-0.1, -0.05) is 135 Å². The van der Waals surface area contributed by atoms with Gasteiger partial charge in [-0.15, -0.1) is 0 Å². The Bertz CT molecular complexity index is 2360. The highest BCUT2D eigenvalue weighted by Gasteiger charge is 2.38. The summed E-state index contributed by atoms with van der Waals surface area (Å²) in [5.74, 6) is 0.723. The maximum Gasteiger partial charge on any atom is 0.160 e. The van der Waals surface area contributed by atoms with Crippen LogP contribution in [0.25, 0.3) is 78.1 Å². The predicted molar refractivity (Wildman–Crippen MR) is 189 cm³/mol. The normalized spacial score (nSPS) is 13.2. The largest absolute Gasteiger partial charge is 0.456 e. The number of furan rings is 1. The van der Waals surface area contributed by atoms with Crippen LogP contribution < -0.4 is 0 Å². The quantitative estimate of drug-likeness (QED) is 0.205. The second kappa shape index (κ2) is 10.1. The van der Waals surface area contributed by atoms with Crippen LogP contribution in [-0.2, 0) is 5.41 Å². The van der Waals surface area contributed by atoms with E-state index in [1.165, 1.54) is 44.2 Å². The van der Waals surface area contributed by atoms with Crippen LogP contribution in [0.2, 0.25) is 0 Å². The molecule has 218 valence electrons. The van der Waals surface area contributed by atoms with Gasteiger partial charge >= 0.3 is 0 Å². The highest BCUT2D eigenvalue weighted by Crippen LogP contribution is 2.53. The average molecular weight is 591 g/mol. The summed E-state index contributed by atoms with van der Waals surface area (Å²) in [6, 6.07) is 51.0. The van der Waals surface area contributed by atoms with Gasteiger partial charge in [-0.25, -0.2) is 9.97 Å². The summed E-state index contributed by atoms with van der Waals surface area (Å²) in [5.41, 5.74) is 14.4. The monoisotopic (exact) mass is 590 g/mol. The van der Waals surface area contributed by atoms with Crippen molar-refractivity contribution >= 4 is 21.9 Å². The minimum atomic E-state index is -0.140. The maximum absolute atomic E-state index is 6.27. The van der Waals surface area contributed by atoms with Gasteiger partial charge in [0, 0.05) is 32.9 Å². The SMILES string of the molecule is CC1(C)c2ccc(-c3ccc(-c4cc(-c5ccccc5)nc(-c5ccccc5)n4)cc3)cc2-c2ccc3oc4ccccc4c3c21. The van der Waals surface area contributed by atoms with E-state index in [-0.39, 0.29) is 5.41 Å². The molecule has 0 bridgehead atoms. The van der Waals surface area contributed by atoms with Crippen LogP contribution >= 0.6 is 0 Å². The molecule has 8 aromatic rings. The molecule has 2 aromatic heterocycles. The minimum Gasteiger partial charge on any atom is -0.456 e. The van der Waals surface area contributed by atoms with Crippen molar-refractivity contribution in [3.05, 3.63) is 157 Å². The van der Waals surface area contributed by atoms with Crippen molar-refractivity contribution in [2.24, 2.45) is 0 Å². The van der Waals surface area contributed by atoms with Crippen LogP contribution in [0.4, 0.5) is 0 Å². The van der Waals surface area contributed by atoms with E-state index < -0.39 is 0 Å². The van der Waals surface area contributed by atoms with E-state index in [1.807, 2.05) is 42.5 Å². The standard InChI is InChI=1S/C43H30N2O/c1-43(2)35-23-21-31(25-34(35)32-22-24-39-40(41(32)43)33-15-9-10-16-38(33)46-39)27-17-19-29(20-18-27)37-26-36(28-11-5-3-6-12-28)44-42(45-37)30-13-7-4-8-14-30/h3-26H,1-2H3. The number of nitrogens with zero attached hydrogens (tertiary/aromatic N) is 2. The summed E-state index contributed by atoms with van der Waals surface area (Å²) in [4.78, 5) is 9.96. The Morgan fingerprint density at radius 3 is 1.83 bits per heavy atom. The van der Waals surface area contributed by atoms with Gasteiger partial charge in [0.05, 0.1) is 11.4 Å². The summed E-state index contributed by atoms with van der Waals surface area (Å²) in [7, 11) is 0. The maximum atomic E-state index is 6.27. The molecule has 0 spiro atoms. The number of para-hydroxylation sites is 1. The molecule has 0 fully saturated rings. The van der Waals surface area contributed by atoms with E-state index in [9.17, 15) is 0 Å². The Morgan fingerprint density at radius 2 is 1.09 bits per heavy atom. The molecule has 0 unspecified atom stereocenters. The third kappa shape index (κ3) is 4.13. The molecular weight excluding hydrogens is 560 g/mol. The van der Waals surface area contributed by atoms with E-state index in [0.29, 0.717) is 0 Å². The van der Waals surface area contributed by atoms with Crippen LogP contribution in [0.1, 0.15) is 25.0 Å². The van der Waals surface area contributed by atoms with E-state index in [2.05, 4.69) is 117 Å². The number of hydrogen-bond acceptors (Lipinski definition) is 3. The zero-order valence-electron chi connectivity index (χ0n) is 25.7. The Kier molecular flexibility index (Phi) is 5.85. The van der Waals surface area contributed by atoms with Gasteiger partial charge < -0.3 is 4.42 Å². The smallest absolute Gasteiger partial charge is 0.160 e. The fraction of sp³-hybridized carbons (Fsp3) is 0.0698. The number of benzene rings is 6. The molecule has 6 aromatic carbocycles. The topological polar surface area (TPSA) is 38.9 Å². The van der Waals surface area contributed by atoms with Crippen LogP contribution in [0.3, 0.4) is 0 Å². The van der Waals surface area contributed by atoms with Gasteiger partial charge in [-0.3, -0.25) is 0 Å². The van der Waals surface area contributed by atoms with E-state index >= 15 is 0 Å². The van der Waals surface area contributed by atoms with Crippen LogP contribution in [0.15, 0.2) is 150 Å². The molecule has 3 heteroatoms. The summed E-state index contributed by atoms with van der Waals surface area (Å²) in [6.07, 6.45) is 0. The number of aromatic nitrogens is 2. The molecule has 46 heavy (non-hydrogen) atoms. The molecule has 1 aliphatic carbocycles. The average Bonchev–Trinajstić information content (AvgIpc) is 3.60. The van der Waals surface area contributed by atoms with Crippen LogP contribution in [0.5, 0.6) is 0 Å². The summed E-state index contributed by atoms with van der Waals surface area (Å²) < 4.78 is 6.27. The van der Waals surface area contributed by atoms with E-state index in [4.69, 9.17) is 14.4 Å². The lowest BCUT2D eigenvalue weighted by Crippen LogP contribution is -2.15. The summed E-state index contributed by atoms with van der Waals surface area (Å²) in [6.45, 7) is 4.67. The highest BCUT2D eigenvalue weighted by molar-refractivity contribution is 6.11. The Hall–Kier alpha value is -5.80. The van der Waals surface area contributed by atoms with Crippen molar-refractivity contribution in [1.82, 2.24) is 9.97 Å². The molecule has 0 amide bonds. The first-order valence-corrected chi connectivity index (χ1v) is 15.7. The zero-order chi connectivity index (χ0) is 30.8. The highest BCUT2D eigenvalue weighted by atomic mass is 16.3. The van der Waals surface area contributed by atoms with E-state index in [0.717, 1.165) is 45.1 Å². The molecule has 0 saturated heterocycles. The Balaban J connectivity index is 1.12. The van der Waals surface area contributed by atoms with Crippen molar-refractivity contribution in [1.29, 1.82) is 0 Å². The lowest BCUT2D eigenvalue weighted by Gasteiger charge is -2.22. The number of hydrogen-bond donors (Lipinski definition) is 0. The third-order valence-corrected chi connectivity index (χ3v) is 9.49. The summed E-state index contributed by atoms with van der Waals surface area (Å²) >= 11 is 0. The first-order valence-electron chi connectivity index (χ1n) is 15.7. The lowest BCUT2D eigenvalue weighted by molar-refractivity contribution is 0.657. The van der Waals surface area contributed by atoms with Gasteiger partial charge in [-0.2, -0.15) is 0 Å². The first kappa shape index (κ1) is 26.6. The van der Waals surface area contributed by atoms with Crippen molar-refractivity contribution in [2.45, 2.75) is 19.3 Å². The first-order chi connectivity index (χ1) is 22.5. The number of rotatable bonds is 4. The molecule has 0 atom stereocenters. The van der Waals surface area contributed by atoms with Crippen LogP contribution in [0, 0.1) is 0 Å². The molecule has 1 aliphatic rings. The molecule has 2 heterocycles. The van der Waals surface area contributed by atoms with E-state index in [1.54, 1.807) is 0 Å². The fourth-order valence-corrected chi connectivity index (χ4v) is 7.22.